The van der Waals surface area contributed by atoms with Crippen LogP contribution in [-0.2, 0) is 27.9 Å². The Kier molecular flexibility index (Phi) is 46.6. The van der Waals surface area contributed by atoms with Crippen molar-refractivity contribution < 1.29 is 43.0 Å². The third-order valence-electron chi connectivity index (χ3n) is 10.8. The highest BCUT2D eigenvalue weighted by Gasteiger charge is 2.26. The van der Waals surface area contributed by atoms with Gasteiger partial charge in [0.2, 0.25) is 0 Å². The zero-order valence-corrected chi connectivity index (χ0v) is 40.3. The number of allylic oxidation sites excluding steroid dienone is 8. The second kappa shape index (κ2) is 47.9. The van der Waals surface area contributed by atoms with Crippen molar-refractivity contribution in [3.63, 3.8) is 0 Å². The molecule has 0 saturated heterocycles. The van der Waals surface area contributed by atoms with Gasteiger partial charge in [0.05, 0.1) is 26.4 Å². The zero-order valence-electron chi connectivity index (χ0n) is 39.4. The van der Waals surface area contributed by atoms with Crippen molar-refractivity contribution in [2.75, 3.05) is 33.0 Å². The maximum Gasteiger partial charge on any atom is 0.472 e. The van der Waals surface area contributed by atoms with E-state index in [-0.39, 0.29) is 25.6 Å². The van der Waals surface area contributed by atoms with Crippen LogP contribution in [0.3, 0.4) is 0 Å². The van der Waals surface area contributed by atoms with Crippen molar-refractivity contribution in [2.24, 2.45) is 0 Å². The SMILES string of the molecule is CC/C=C\C/C=C\C/C=C\C/C=C\CCCCCCCCCCCCC(=O)OC(COCCCCCCCCCCCCCCCCCCC)COP(=O)(O)OCC(O)CO. The number of aliphatic hydroxyl groups excluding tert-OH is 2. The summed E-state index contributed by atoms with van der Waals surface area (Å²) in [4.78, 5) is 22.7. The van der Waals surface area contributed by atoms with Crippen molar-refractivity contribution in [1.29, 1.82) is 0 Å². The first-order valence-electron chi connectivity index (χ1n) is 25.1. The summed E-state index contributed by atoms with van der Waals surface area (Å²) in [5.74, 6) is -0.385. The van der Waals surface area contributed by atoms with Gasteiger partial charge in [0, 0.05) is 13.0 Å². The summed E-state index contributed by atoms with van der Waals surface area (Å²) >= 11 is 0. The summed E-state index contributed by atoms with van der Waals surface area (Å²) in [6.45, 7) is 3.44. The smallest absolute Gasteiger partial charge is 0.457 e. The second-order valence-corrected chi connectivity index (χ2v) is 18.3. The van der Waals surface area contributed by atoms with Crippen LogP contribution >= 0.6 is 7.82 Å². The molecule has 0 spiro atoms. The van der Waals surface area contributed by atoms with Gasteiger partial charge in [-0.25, -0.2) is 4.57 Å². The Labute approximate surface area is 375 Å². The lowest BCUT2D eigenvalue weighted by Crippen LogP contribution is -2.29. The number of phosphoric ester groups is 1. The van der Waals surface area contributed by atoms with E-state index in [1.54, 1.807) is 0 Å². The fourth-order valence-electron chi connectivity index (χ4n) is 7.00. The van der Waals surface area contributed by atoms with Crippen LogP contribution in [0.25, 0.3) is 0 Å². The van der Waals surface area contributed by atoms with Gasteiger partial charge in [-0.2, -0.15) is 0 Å². The van der Waals surface area contributed by atoms with E-state index in [0.717, 1.165) is 70.6 Å². The minimum atomic E-state index is -4.52. The molecular weight excluding hydrogens is 788 g/mol. The van der Waals surface area contributed by atoms with Gasteiger partial charge in [0.15, 0.2) is 0 Å². The van der Waals surface area contributed by atoms with Crippen LogP contribution in [0, 0.1) is 0 Å². The largest absolute Gasteiger partial charge is 0.472 e. The molecule has 3 atom stereocenters. The summed E-state index contributed by atoms with van der Waals surface area (Å²) in [6, 6.07) is 0. The van der Waals surface area contributed by atoms with Crippen LogP contribution in [0.5, 0.6) is 0 Å². The first-order chi connectivity index (χ1) is 29.8. The monoisotopic (exact) mass is 883 g/mol. The predicted molar refractivity (Wildman–Crippen MR) is 256 cm³/mol. The van der Waals surface area contributed by atoms with Crippen LogP contribution in [0.2, 0.25) is 0 Å². The van der Waals surface area contributed by atoms with Gasteiger partial charge in [0.25, 0.3) is 0 Å². The topological polar surface area (TPSA) is 132 Å². The predicted octanol–water partition coefficient (Wildman–Crippen LogP) is 14.5. The highest BCUT2D eigenvalue weighted by Crippen LogP contribution is 2.43. The molecule has 0 bridgehead atoms. The average molecular weight is 883 g/mol. The Hall–Kier alpha value is -1.58. The number of unbranched alkanes of at least 4 members (excludes halogenated alkanes) is 26. The number of carbonyl (C=O) groups excluding carboxylic acids is 1. The Morgan fingerprint density at radius 1 is 0.525 bits per heavy atom. The maximum atomic E-state index is 12.7. The minimum absolute atomic E-state index is 0.0499. The highest BCUT2D eigenvalue weighted by atomic mass is 31.2. The van der Waals surface area contributed by atoms with Crippen molar-refractivity contribution in [3.8, 4) is 0 Å². The third kappa shape index (κ3) is 47.7. The molecule has 0 rings (SSSR count). The molecule has 0 amide bonds. The molecule has 0 saturated carbocycles. The number of esters is 1. The Balaban J connectivity index is 4.07. The lowest BCUT2D eigenvalue weighted by atomic mass is 10.0. The van der Waals surface area contributed by atoms with E-state index < -0.39 is 33.2 Å². The summed E-state index contributed by atoms with van der Waals surface area (Å²) in [6.07, 6.45) is 55.0. The Morgan fingerprint density at radius 2 is 0.934 bits per heavy atom. The maximum absolute atomic E-state index is 12.7. The number of rotatable bonds is 48. The number of ether oxygens (including phenoxy) is 2. The molecule has 3 unspecified atom stereocenters. The number of hydrogen-bond donors (Lipinski definition) is 3. The van der Waals surface area contributed by atoms with Crippen LogP contribution < -0.4 is 0 Å². The minimum Gasteiger partial charge on any atom is -0.457 e. The van der Waals surface area contributed by atoms with Gasteiger partial charge in [-0.3, -0.25) is 13.8 Å². The van der Waals surface area contributed by atoms with E-state index >= 15 is 0 Å². The van der Waals surface area contributed by atoms with E-state index in [0.29, 0.717) is 6.61 Å². The van der Waals surface area contributed by atoms with Crippen molar-refractivity contribution in [1.82, 2.24) is 0 Å². The number of hydrogen-bond acceptors (Lipinski definition) is 8. The molecule has 0 aliphatic carbocycles. The highest BCUT2D eigenvalue weighted by molar-refractivity contribution is 7.47. The van der Waals surface area contributed by atoms with E-state index in [1.165, 1.54) is 135 Å². The summed E-state index contributed by atoms with van der Waals surface area (Å²) in [5.41, 5.74) is 0. The summed E-state index contributed by atoms with van der Waals surface area (Å²) in [5, 5.41) is 18.4. The molecule has 358 valence electrons. The molecule has 61 heavy (non-hydrogen) atoms. The molecular formula is C51H95O9P. The number of phosphoric acid groups is 1. The van der Waals surface area contributed by atoms with Gasteiger partial charge in [0.1, 0.15) is 12.2 Å². The fourth-order valence-corrected chi connectivity index (χ4v) is 7.79. The van der Waals surface area contributed by atoms with Crippen molar-refractivity contribution in [3.05, 3.63) is 48.6 Å². The summed E-state index contributed by atoms with van der Waals surface area (Å²) in [7, 11) is -4.52. The molecule has 0 aromatic heterocycles. The lowest BCUT2D eigenvalue weighted by molar-refractivity contribution is -0.154. The molecule has 10 heteroatoms. The lowest BCUT2D eigenvalue weighted by Gasteiger charge is -2.20. The van der Waals surface area contributed by atoms with Crippen LogP contribution in [0.15, 0.2) is 48.6 Å². The quantitative estimate of drug-likeness (QED) is 0.0236. The number of carbonyl (C=O) groups is 1. The first-order valence-corrected chi connectivity index (χ1v) is 26.6. The normalized spacial score (nSPS) is 14.2. The van der Waals surface area contributed by atoms with E-state index in [9.17, 15) is 19.4 Å². The third-order valence-corrected chi connectivity index (χ3v) is 11.7. The van der Waals surface area contributed by atoms with E-state index in [1.807, 2.05) is 0 Å². The molecule has 3 N–H and O–H groups in total. The Bertz CT molecular complexity index is 1090. The standard InChI is InChI=1S/C51H95O9P/c1-3-5-7-9-11-13-15-17-19-21-22-23-24-25-26-27-29-31-33-35-37-39-41-43-51(54)60-50(48-59-61(55,56)58-46-49(53)45-52)47-57-44-42-40-38-36-34-32-30-28-20-18-16-14-12-10-8-6-4-2/h5,7,11,13,17,19,22-23,49-50,52-53H,3-4,6,8-10,12,14-16,18,20-21,24-48H2,1-2H3,(H,55,56)/b7-5-,13-11-,19-17-,23-22-. The molecule has 9 nitrogen and oxygen atoms in total. The van der Waals surface area contributed by atoms with Crippen molar-refractivity contribution >= 4 is 13.8 Å². The van der Waals surface area contributed by atoms with Crippen LogP contribution in [-0.4, -0.2) is 66.3 Å². The molecule has 0 radical (unpaired) electrons. The molecule has 0 aliphatic heterocycles. The second-order valence-electron chi connectivity index (χ2n) is 16.8. The average Bonchev–Trinajstić information content (AvgIpc) is 3.25. The van der Waals surface area contributed by atoms with Gasteiger partial charge >= 0.3 is 13.8 Å². The van der Waals surface area contributed by atoms with Crippen molar-refractivity contribution in [2.45, 2.75) is 238 Å². The van der Waals surface area contributed by atoms with Crippen LogP contribution in [0.4, 0.5) is 0 Å². The van der Waals surface area contributed by atoms with Gasteiger partial charge in [-0.05, 0) is 51.4 Å². The Morgan fingerprint density at radius 3 is 1.41 bits per heavy atom. The molecule has 0 fully saturated rings. The van der Waals surface area contributed by atoms with Gasteiger partial charge < -0.3 is 24.6 Å². The van der Waals surface area contributed by atoms with E-state index in [2.05, 4.69) is 62.5 Å². The first kappa shape index (κ1) is 59.4. The van der Waals surface area contributed by atoms with Gasteiger partial charge in [-0.15, -0.1) is 0 Å². The molecule has 0 aromatic rings. The zero-order chi connectivity index (χ0) is 44.6. The number of aliphatic hydroxyl groups is 2. The molecule has 0 heterocycles. The van der Waals surface area contributed by atoms with Crippen LogP contribution in [0.1, 0.15) is 226 Å². The fraction of sp³-hybridized carbons (Fsp3) is 0.824. The summed E-state index contributed by atoms with van der Waals surface area (Å²) < 4.78 is 33.5. The van der Waals surface area contributed by atoms with Gasteiger partial charge in [-0.1, -0.05) is 217 Å². The molecule has 0 aromatic carbocycles. The van der Waals surface area contributed by atoms with E-state index in [4.69, 9.17) is 23.6 Å². The molecule has 0 aliphatic rings.